The Morgan fingerprint density at radius 3 is 2.73 bits per heavy atom. The van der Waals surface area contributed by atoms with Gasteiger partial charge in [-0.3, -0.25) is 4.79 Å². The number of hydrogen-bond acceptors (Lipinski definition) is 1. The summed E-state index contributed by atoms with van der Waals surface area (Å²) in [5.41, 5.74) is 0.824. The van der Waals surface area contributed by atoms with E-state index in [0.29, 0.717) is 12.8 Å². The number of aryl methyl sites for hydroxylation is 1. The van der Waals surface area contributed by atoms with Crippen molar-refractivity contribution in [3.8, 4) is 0 Å². The van der Waals surface area contributed by atoms with Crippen LogP contribution in [0.2, 0.25) is 0 Å². The summed E-state index contributed by atoms with van der Waals surface area (Å²) in [6.07, 6.45) is 0.949. The van der Waals surface area contributed by atoms with Crippen molar-refractivity contribution < 1.29 is 9.18 Å². The van der Waals surface area contributed by atoms with E-state index in [0.717, 1.165) is 10.0 Å². The summed E-state index contributed by atoms with van der Waals surface area (Å²) >= 11 is 3.33. The first-order valence-electron chi connectivity index (χ1n) is 4.65. The van der Waals surface area contributed by atoms with E-state index >= 15 is 0 Å². The fourth-order valence-electron chi connectivity index (χ4n) is 1.20. The molecular weight excluding hydrogens is 261 g/mol. The van der Waals surface area contributed by atoms with Gasteiger partial charge in [0.1, 0.15) is 5.82 Å². The van der Waals surface area contributed by atoms with E-state index in [1.54, 1.807) is 20.2 Å². The van der Waals surface area contributed by atoms with Crippen molar-refractivity contribution in [2.24, 2.45) is 0 Å². The topological polar surface area (TPSA) is 20.3 Å². The van der Waals surface area contributed by atoms with Crippen LogP contribution in [-0.4, -0.2) is 24.9 Å². The Kier molecular flexibility index (Phi) is 4.27. The molecule has 0 saturated carbocycles. The molecule has 0 atom stereocenters. The van der Waals surface area contributed by atoms with Crippen LogP contribution >= 0.6 is 15.9 Å². The maximum atomic E-state index is 12.9. The minimum Gasteiger partial charge on any atom is -0.349 e. The standard InChI is InChI=1S/C11H13BrFNO/c1-14(2)11(15)6-3-8-7-9(13)4-5-10(8)12/h4-5,7H,3,6H2,1-2H3. The first kappa shape index (κ1) is 12.2. The van der Waals surface area contributed by atoms with Crippen LogP contribution < -0.4 is 0 Å². The molecule has 15 heavy (non-hydrogen) atoms. The highest BCUT2D eigenvalue weighted by atomic mass is 79.9. The van der Waals surface area contributed by atoms with Crippen LogP contribution in [-0.2, 0) is 11.2 Å². The van der Waals surface area contributed by atoms with E-state index in [1.807, 2.05) is 0 Å². The summed E-state index contributed by atoms with van der Waals surface area (Å²) in [4.78, 5) is 12.9. The van der Waals surface area contributed by atoms with Gasteiger partial charge in [0.05, 0.1) is 0 Å². The van der Waals surface area contributed by atoms with E-state index in [9.17, 15) is 9.18 Å². The largest absolute Gasteiger partial charge is 0.349 e. The van der Waals surface area contributed by atoms with Crippen molar-refractivity contribution in [2.45, 2.75) is 12.8 Å². The lowest BCUT2D eigenvalue weighted by Gasteiger charge is -2.10. The third kappa shape index (κ3) is 3.63. The molecule has 4 heteroatoms. The van der Waals surface area contributed by atoms with Gasteiger partial charge in [0.25, 0.3) is 0 Å². The highest BCUT2D eigenvalue weighted by molar-refractivity contribution is 9.10. The van der Waals surface area contributed by atoms with E-state index in [-0.39, 0.29) is 11.7 Å². The zero-order valence-electron chi connectivity index (χ0n) is 8.76. The fourth-order valence-corrected chi connectivity index (χ4v) is 1.64. The Bertz CT molecular complexity index is 366. The second-order valence-electron chi connectivity index (χ2n) is 3.52. The number of benzene rings is 1. The quantitative estimate of drug-likeness (QED) is 0.829. The Hall–Kier alpha value is -0.900. The molecule has 0 aliphatic carbocycles. The number of nitrogens with zero attached hydrogens (tertiary/aromatic N) is 1. The predicted octanol–water partition coefficient (Wildman–Crippen LogP) is 2.61. The van der Waals surface area contributed by atoms with Crippen molar-refractivity contribution in [2.75, 3.05) is 14.1 Å². The van der Waals surface area contributed by atoms with E-state index in [1.165, 1.54) is 17.0 Å². The molecule has 0 aromatic heterocycles. The summed E-state index contributed by atoms with van der Waals surface area (Å²) < 4.78 is 13.8. The normalized spacial score (nSPS) is 10.1. The molecular formula is C11H13BrFNO. The van der Waals surface area contributed by atoms with Crippen LogP contribution in [0.15, 0.2) is 22.7 Å². The van der Waals surface area contributed by atoms with Gasteiger partial charge in [0.2, 0.25) is 5.91 Å². The molecule has 0 aliphatic heterocycles. The lowest BCUT2D eigenvalue weighted by molar-refractivity contribution is -0.128. The number of carbonyl (C=O) groups excluding carboxylic acids is 1. The minimum absolute atomic E-state index is 0.0474. The smallest absolute Gasteiger partial charge is 0.222 e. The third-order valence-electron chi connectivity index (χ3n) is 2.11. The molecule has 82 valence electrons. The maximum absolute atomic E-state index is 12.9. The molecule has 0 fully saturated rings. The van der Waals surface area contributed by atoms with Gasteiger partial charge in [-0.25, -0.2) is 4.39 Å². The number of halogens is 2. The maximum Gasteiger partial charge on any atom is 0.222 e. The Labute approximate surface area is 97.2 Å². The Morgan fingerprint density at radius 1 is 1.47 bits per heavy atom. The van der Waals surface area contributed by atoms with E-state index < -0.39 is 0 Å². The summed E-state index contributed by atoms with van der Waals surface area (Å²) in [5, 5.41) is 0. The molecule has 1 rings (SSSR count). The second-order valence-corrected chi connectivity index (χ2v) is 4.38. The van der Waals surface area contributed by atoms with Crippen LogP contribution in [0.25, 0.3) is 0 Å². The van der Waals surface area contributed by atoms with E-state index in [2.05, 4.69) is 15.9 Å². The zero-order valence-corrected chi connectivity index (χ0v) is 10.3. The molecule has 2 nitrogen and oxygen atoms in total. The summed E-state index contributed by atoms with van der Waals surface area (Å²) in [6.45, 7) is 0. The molecule has 0 saturated heterocycles. The molecule has 0 radical (unpaired) electrons. The molecule has 1 aromatic rings. The number of carbonyl (C=O) groups is 1. The van der Waals surface area contributed by atoms with Crippen molar-refractivity contribution in [1.29, 1.82) is 0 Å². The van der Waals surface area contributed by atoms with Crippen LogP contribution in [0, 0.1) is 5.82 Å². The minimum atomic E-state index is -0.273. The molecule has 0 spiro atoms. The van der Waals surface area contributed by atoms with Crippen LogP contribution in [0.1, 0.15) is 12.0 Å². The molecule has 1 amide bonds. The third-order valence-corrected chi connectivity index (χ3v) is 2.89. The molecule has 1 aromatic carbocycles. The molecule has 0 N–H and O–H groups in total. The van der Waals surface area contributed by atoms with Gasteiger partial charge >= 0.3 is 0 Å². The molecule has 0 heterocycles. The first-order valence-corrected chi connectivity index (χ1v) is 5.44. The molecule has 0 aliphatic rings. The SMILES string of the molecule is CN(C)C(=O)CCc1cc(F)ccc1Br. The number of amides is 1. The van der Waals surface area contributed by atoms with Crippen LogP contribution in [0.5, 0.6) is 0 Å². The van der Waals surface area contributed by atoms with Crippen LogP contribution in [0.3, 0.4) is 0 Å². The Balaban J connectivity index is 2.65. The second kappa shape index (κ2) is 5.26. The van der Waals surface area contributed by atoms with Gasteiger partial charge in [0.15, 0.2) is 0 Å². The summed E-state index contributed by atoms with van der Waals surface area (Å²) in [7, 11) is 3.42. The predicted molar refractivity (Wildman–Crippen MR) is 61.1 cm³/mol. The van der Waals surface area contributed by atoms with Crippen molar-refractivity contribution in [3.05, 3.63) is 34.1 Å². The first-order chi connectivity index (χ1) is 7.00. The monoisotopic (exact) mass is 273 g/mol. The fraction of sp³-hybridized carbons (Fsp3) is 0.364. The molecule has 0 unspecified atom stereocenters. The average molecular weight is 274 g/mol. The van der Waals surface area contributed by atoms with Crippen molar-refractivity contribution in [1.82, 2.24) is 4.90 Å². The summed E-state index contributed by atoms with van der Waals surface area (Å²) in [5.74, 6) is -0.225. The highest BCUT2D eigenvalue weighted by Crippen LogP contribution is 2.19. The van der Waals surface area contributed by atoms with Crippen molar-refractivity contribution in [3.63, 3.8) is 0 Å². The van der Waals surface area contributed by atoms with Crippen LogP contribution in [0.4, 0.5) is 4.39 Å². The lowest BCUT2D eigenvalue weighted by Crippen LogP contribution is -2.21. The lowest BCUT2D eigenvalue weighted by atomic mass is 10.1. The highest BCUT2D eigenvalue weighted by Gasteiger charge is 2.07. The summed E-state index contributed by atoms with van der Waals surface area (Å²) in [6, 6.07) is 4.50. The number of rotatable bonds is 3. The van der Waals surface area contributed by atoms with Gasteiger partial charge in [-0.15, -0.1) is 0 Å². The molecule has 0 bridgehead atoms. The van der Waals surface area contributed by atoms with E-state index in [4.69, 9.17) is 0 Å². The van der Waals surface area contributed by atoms with Crippen molar-refractivity contribution >= 4 is 21.8 Å². The van der Waals surface area contributed by atoms with Gasteiger partial charge in [-0.2, -0.15) is 0 Å². The average Bonchev–Trinajstić information content (AvgIpc) is 2.18. The van der Waals surface area contributed by atoms with Gasteiger partial charge in [-0.05, 0) is 30.2 Å². The Morgan fingerprint density at radius 2 is 2.13 bits per heavy atom. The number of hydrogen-bond donors (Lipinski definition) is 0. The van der Waals surface area contributed by atoms with Gasteiger partial charge in [-0.1, -0.05) is 15.9 Å². The van der Waals surface area contributed by atoms with Gasteiger partial charge < -0.3 is 4.90 Å². The zero-order chi connectivity index (χ0) is 11.4. The van der Waals surface area contributed by atoms with Gasteiger partial charge in [0, 0.05) is 25.0 Å².